The van der Waals surface area contributed by atoms with Crippen LogP contribution in [0, 0.1) is 0 Å². The molecule has 1 N–H and O–H groups in total. The second-order valence-electron chi connectivity index (χ2n) is 5.56. The highest BCUT2D eigenvalue weighted by Crippen LogP contribution is 2.36. The summed E-state index contributed by atoms with van der Waals surface area (Å²) in [7, 11) is 3.26. The van der Waals surface area contributed by atoms with Gasteiger partial charge >= 0.3 is 12.4 Å². The van der Waals surface area contributed by atoms with Gasteiger partial charge in [0.25, 0.3) is 0 Å². The van der Waals surface area contributed by atoms with E-state index in [0.29, 0.717) is 12.1 Å². The zero-order valence-corrected chi connectivity index (χ0v) is 15.7. The van der Waals surface area contributed by atoms with Crippen molar-refractivity contribution >= 4 is 12.0 Å². The lowest BCUT2D eigenvalue weighted by Crippen LogP contribution is -2.11. The summed E-state index contributed by atoms with van der Waals surface area (Å²) in [5.41, 5.74) is -2.61. The normalized spacial score (nSPS) is 11.2. The Labute approximate surface area is 163 Å². The van der Waals surface area contributed by atoms with Crippen molar-refractivity contribution in [3.8, 4) is 11.5 Å². The van der Waals surface area contributed by atoms with Crippen LogP contribution in [0.25, 0.3) is 0 Å². The van der Waals surface area contributed by atoms with Gasteiger partial charge in [0.2, 0.25) is 0 Å². The van der Waals surface area contributed by atoms with Crippen LogP contribution in [0.15, 0.2) is 36.4 Å². The second kappa shape index (κ2) is 10.0. The van der Waals surface area contributed by atoms with Gasteiger partial charge in [0.1, 0.15) is 6.29 Å². The minimum absolute atomic E-state index is 0.0347. The van der Waals surface area contributed by atoms with Gasteiger partial charge in [-0.2, -0.15) is 26.3 Å². The zero-order valence-electron chi connectivity index (χ0n) is 15.7. The van der Waals surface area contributed by atoms with Crippen LogP contribution in [0.5, 0.6) is 11.5 Å². The van der Waals surface area contributed by atoms with E-state index in [1.165, 1.54) is 0 Å². The molecular weight excluding hydrogens is 404 g/mol. The highest BCUT2D eigenvalue weighted by Gasteiger charge is 2.36. The van der Waals surface area contributed by atoms with Crippen LogP contribution in [0.2, 0.25) is 0 Å². The smallest absolute Gasteiger partial charge is 0.416 e. The number of alkyl halides is 6. The zero-order chi connectivity index (χ0) is 22.2. The number of carbonyl (C=O) groups excluding carboxylic acids is 1. The van der Waals surface area contributed by atoms with Gasteiger partial charge in [-0.05, 0) is 37.3 Å². The molecule has 160 valence electrons. The molecule has 0 bridgehead atoms. The molecule has 4 nitrogen and oxygen atoms in total. The summed E-state index contributed by atoms with van der Waals surface area (Å²) in [5.74, 6) is 1.50. The minimum Gasteiger partial charge on any atom is -0.493 e. The number of benzene rings is 2. The third kappa shape index (κ3) is 7.20. The maximum Gasteiger partial charge on any atom is 0.416 e. The molecule has 0 fully saturated rings. The fourth-order valence-electron chi connectivity index (χ4n) is 2.20. The predicted molar refractivity (Wildman–Crippen MR) is 95.5 cm³/mol. The van der Waals surface area contributed by atoms with Crippen LogP contribution in [-0.2, 0) is 12.4 Å². The summed E-state index contributed by atoms with van der Waals surface area (Å²) in [5, 5.41) is 3.20. The third-order valence-corrected chi connectivity index (χ3v) is 3.51. The number of rotatable bonds is 5. The van der Waals surface area contributed by atoms with Gasteiger partial charge in [-0.15, -0.1) is 0 Å². The minimum atomic E-state index is -4.92. The average molecular weight is 423 g/mol. The van der Waals surface area contributed by atoms with Gasteiger partial charge in [0, 0.05) is 23.9 Å². The largest absolute Gasteiger partial charge is 0.493 e. The summed E-state index contributed by atoms with van der Waals surface area (Å²) in [6, 6.07) is 6.46. The molecule has 10 heteroatoms. The van der Waals surface area contributed by atoms with Crippen LogP contribution in [-0.4, -0.2) is 27.1 Å². The van der Waals surface area contributed by atoms with Crippen molar-refractivity contribution in [2.75, 3.05) is 26.1 Å². The van der Waals surface area contributed by atoms with E-state index in [1.807, 2.05) is 18.2 Å². The Bertz CT molecular complexity index is 786. The van der Waals surface area contributed by atoms with Crippen molar-refractivity contribution in [3.05, 3.63) is 53.1 Å². The number of anilines is 1. The fourth-order valence-corrected chi connectivity index (χ4v) is 2.20. The molecule has 2 aromatic rings. The van der Waals surface area contributed by atoms with E-state index < -0.39 is 29.0 Å². The lowest BCUT2D eigenvalue weighted by atomic mass is 10.1. The van der Waals surface area contributed by atoms with E-state index in [1.54, 1.807) is 14.2 Å². The molecule has 0 heterocycles. The summed E-state index contributed by atoms with van der Waals surface area (Å²) < 4.78 is 83.4. The molecule has 0 atom stereocenters. The van der Waals surface area contributed by atoms with Crippen molar-refractivity contribution in [1.29, 1.82) is 0 Å². The Balaban J connectivity index is 0.000000296. The number of hydrogen-bond acceptors (Lipinski definition) is 4. The third-order valence-electron chi connectivity index (χ3n) is 3.51. The first-order chi connectivity index (χ1) is 13.5. The number of carbonyl (C=O) groups is 1. The Morgan fingerprint density at radius 3 is 1.76 bits per heavy atom. The quantitative estimate of drug-likeness (QED) is 0.497. The van der Waals surface area contributed by atoms with Crippen LogP contribution in [0.3, 0.4) is 0 Å². The topological polar surface area (TPSA) is 47.6 Å². The number of ether oxygens (including phenoxy) is 2. The number of aldehydes is 1. The molecule has 0 aromatic heterocycles. The molecule has 0 saturated carbocycles. The maximum atomic E-state index is 12.2. The molecule has 0 unspecified atom stereocenters. The van der Waals surface area contributed by atoms with E-state index in [2.05, 4.69) is 12.2 Å². The number of nitrogens with one attached hydrogen (secondary N) is 1. The lowest BCUT2D eigenvalue weighted by molar-refractivity contribution is -0.143. The molecule has 29 heavy (non-hydrogen) atoms. The van der Waals surface area contributed by atoms with Crippen LogP contribution in [0.4, 0.5) is 32.0 Å². The Morgan fingerprint density at radius 1 is 0.862 bits per heavy atom. The maximum absolute atomic E-state index is 12.2. The average Bonchev–Trinajstić information content (AvgIpc) is 2.66. The van der Waals surface area contributed by atoms with Crippen molar-refractivity contribution in [2.24, 2.45) is 0 Å². The highest BCUT2D eigenvalue weighted by molar-refractivity contribution is 5.75. The molecule has 2 aromatic carbocycles. The van der Waals surface area contributed by atoms with Crippen molar-refractivity contribution in [3.63, 3.8) is 0 Å². The summed E-state index contributed by atoms with van der Waals surface area (Å²) in [4.78, 5) is 10.2. The molecule has 0 radical (unpaired) electrons. The van der Waals surface area contributed by atoms with E-state index in [9.17, 15) is 31.1 Å². The Hall–Kier alpha value is -2.91. The highest BCUT2D eigenvalue weighted by atomic mass is 19.4. The van der Waals surface area contributed by atoms with Crippen molar-refractivity contribution in [2.45, 2.75) is 19.3 Å². The molecule has 0 spiro atoms. The fraction of sp³-hybridized carbons (Fsp3) is 0.316. The van der Waals surface area contributed by atoms with Crippen molar-refractivity contribution < 1.29 is 40.6 Å². The molecule has 2 rings (SSSR count). The van der Waals surface area contributed by atoms with Gasteiger partial charge in [-0.25, -0.2) is 0 Å². The number of halogens is 6. The van der Waals surface area contributed by atoms with E-state index in [4.69, 9.17) is 9.47 Å². The molecule has 0 aliphatic carbocycles. The van der Waals surface area contributed by atoms with Gasteiger partial charge in [0.05, 0.1) is 25.3 Å². The van der Waals surface area contributed by atoms with Gasteiger partial charge in [-0.3, -0.25) is 4.79 Å². The van der Waals surface area contributed by atoms with Crippen LogP contribution >= 0.6 is 0 Å². The standard InChI is InChI=1S/C10H15NO2.C9H4F6O/c1-4-11-8-5-6-9(12-2)10(7-8)13-3;10-8(11,12)6-1-5(4-16)2-7(3-6)9(13,14)15/h5-7,11H,4H2,1-3H3;1-4H. The molecule has 0 aliphatic rings. The second-order valence-corrected chi connectivity index (χ2v) is 5.56. The first kappa shape index (κ1) is 24.1. The summed E-state index contributed by atoms with van der Waals surface area (Å²) in [6.45, 7) is 2.95. The first-order valence-electron chi connectivity index (χ1n) is 8.16. The van der Waals surface area contributed by atoms with Crippen LogP contribution < -0.4 is 14.8 Å². The SMILES string of the molecule is CCNc1ccc(OC)c(OC)c1.O=Cc1cc(C(F)(F)F)cc(C(F)(F)F)c1. The van der Waals surface area contributed by atoms with Crippen molar-refractivity contribution in [1.82, 2.24) is 0 Å². The Kier molecular flexibility index (Phi) is 8.35. The van der Waals surface area contributed by atoms with Crippen LogP contribution in [0.1, 0.15) is 28.4 Å². The lowest BCUT2D eigenvalue weighted by Gasteiger charge is -2.12. The van der Waals surface area contributed by atoms with Gasteiger partial charge in [0.15, 0.2) is 11.5 Å². The molecule has 0 aliphatic heterocycles. The first-order valence-corrected chi connectivity index (χ1v) is 8.16. The Morgan fingerprint density at radius 2 is 1.38 bits per heavy atom. The molecular formula is C19H19F6NO3. The summed E-state index contributed by atoms with van der Waals surface area (Å²) in [6.07, 6.45) is -9.90. The predicted octanol–water partition coefficient (Wildman–Crippen LogP) is 5.67. The van der Waals surface area contributed by atoms with Gasteiger partial charge in [-0.1, -0.05) is 0 Å². The monoisotopic (exact) mass is 423 g/mol. The number of hydrogen-bond donors (Lipinski definition) is 1. The van der Waals surface area contributed by atoms with E-state index in [0.717, 1.165) is 23.7 Å². The van der Waals surface area contributed by atoms with Gasteiger partial charge < -0.3 is 14.8 Å². The van der Waals surface area contributed by atoms with E-state index in [-0.39, 0.29) is 12.4 Å². The molecule has 0 saturated heterocycles. The summed E-state index contributed by atoms with van der Waals surface area (Å²) >= 11 is 0. The number of methoxy groups -OCH3 is 2. The molecule has 0 amide bonds. The van der Waals surface area contributed by atoms with E-state index >= 15 is 0 Å².